The third kappa shape index (κ3) is 3.72. The van der Waals surface area contributed by atoms with E-state index in [1.807, 2.05) is 0 Å². The van der Waals surface area contributed by atoms with Crippen molar-refractivity contribution < 1.29 is 4.39 Å². The van der Waals surface area contributed by atoms with Crippen molar-refractivity contribution in [3.05, 3.63) is 47.0 Å². The summed E-state index contributed by atoms with van der Waals surface area (Å²) in [4.78, 5) is 8.53. The van der Waals surface area contributed by atoms with Crippen molar-refractivity contribution in [1.82, 2.24) is 15.3 Å². The quantitative estimate of drug-likeness (QED) is 0.852. The van der Waals surface area contributed by atoms with Gasteiger partial charge in [0.15, 0.2) is 5.82 Å². The van der Waals surface area contributed by atoms with Gasteiger partial charge in [0, 0.05) is 30.1 Å². The number of nitrogens with one attached hydrogen (secondary N) is 1. The van der Waals surface area contributed by atoms with Gasteiger partial charge in [0.05, 0.1) is 5.02 Å². The van der Waals surface area contributed by atoms with Crippen molar-refractivity contribution in [3.63, 3.8) is 0 Å². The minimum Gasteiger partial charge on any atom is -0.313 e. The maximum atomic E-state index is 13.1. The molecule has 0 atom stereocenters. The van der Waals surface area contributed by atoms with Gasteiger partial charge in [-0.1, -0.05) is 18.5 Å². The van der Waals surface area contributed by atoms with E-state index in [1.54, 1.807) is 18.5 Å². The van der Waals surface area contributed by atoms with Gasteiger partial charge in [-0.3, -0.25) is 0 Å². The Morgan fingerprint density at radius 3 is 2.63 bits per heavy atom. The van der Waals surface area contributed by atoms with Crippen LogP contribution >= 0.6 is 11.6 Å². The van der Waals surface area contributed by atoms with Crippen molar-refractivity contribution in [3.8, 4) is 11.4 Å². The maximum Gasteiger partial charge on any atom is 0.159 e. The minimum atomic E-state index is -0.439. The summed E-state index contributed by atoms with van der Waals surface area (Å²) in [5.41, 5.74) is 1.73. The number of hydrogen-bond donors (Lipinski definition) is 1. The van der Waals surface area contributed by atoms with E-state index in [2.05, 4.69) is 22.2 Å². The maximum absolute atomic E-state index is 13.1. The molecule has 0 aliphatic rings. The third-order valence-electron chi connectivity index (χ3n) is 2.64. The molecule has 1 aromatic heterocycles. The first kappa shape index (κ1) is 13.9. The average molecular weight is 280 g/mol. The zero-order chi connectivity index (χ0) is 13.7. The number of nitrogens with zero attached hydrogens (tertiary/aromatic N) is 2. The van der Waals surface area contributed by atoms with Crippen LogP contribution in [0.1, 0.15) is 18.9 Å². The van der Waals surface area contributed by atoms with E-state index in [9.17, 15) is 4.39 Å². The van der Waals surface area contributed by atoms with Crippen molar-refractivity contribution in [2.24, 2.45) is 0 Å². The van der Waals surface area contributed by atoms with E-state index in [1.165, 1.54) is 12.1 Å². The highest BCUT2D eigenvalue weighted by Crippen LogP contribution is 2.22. The van der Waals surface area contributed by atoms with E-state index in [-0.39, 0.29) is 5.02 Å². The highest BCUT2D eigenvalue weighted by molar-refractivity contribution is 6.31. The van der Waals surface area contributed by atoms with Gasteiger partial charge in [0.2, 0.25) is 0 Å². The third-order valence-corrected chi connectivity index (χ3v) is 2.93. The standard InChI is InChI=1S/C14H15ClFN3/c1-2-5-17-7-10-8-18-14(19-9-10)11-3-4-13(16)12(15)6-11/h3-4,6,8-9,17H,2,5,7H2,1H3. The first-order valence-electron chi connectivity index (χ1n) is 6.17. The monoisotopic (exact) mass is 279 g/mol. The first-order chi connectivity index (χ1) is 9.20. The van der Waals surface area contributed by atoms with Crippen LogP contribution in [0.4, 0.5) is 4.39 Å². The Bertz CT molecular complexity index is 543. The summed E-state index contributed by atoms with van der Waals surface area (Å²) < 4.78 is 13.1. The van der Waals surface area contributed by atoms with Crippen LogP contribution in [0.15, 0.2) is 30.6 Å². The minimum absolute atomic E-state index is 0.0785. The smallest absolute Gasteiger partial charge is 0.159 e. The van der Waals surface area contributed by atoms with Crippen molar-refractivity contribution in [1.29, 1.82) is 0 Å². The summed E-state index contributed by atoms with van der Waals surface area (Å²) in [6.45, 7) is 3.83. The molecule has 2 rings (SSSR count). The van der Waals surface area contributed by atoms with Crippen molar-refractivity contribution >= 4 is 11.6 Å². The molecule has 1 heterocycles. The van der Waals surface area contributed by atoms with Gasteiger partial charge in [-0.25, -0.2) is 14.4 Å². The molecule has 0 aliphatic carbocycles. The second kappa shape index (κ2) is 6.59. The van der Waals surface area contributed by atoms with Crippen LogP contribution in [-0.4, -0.2) is 16.5 Å². The van der Waals surface area contributed by atoms with Gasteiger partial charge in [-0.05, 0) is 31.2 Å². The lowest BCUT2D eigenvalue weighted by Gasteiger charge is -2.04. The molecular formula is C14H15ClFN3. The molecule has 1 aromatic carbocycles. The van der Waals surface area contributed by atoms with Crippen LogP contribution in [0.2, 0.25) is 5.02 Å². The summed E-state index contributed by atoms with van der Waals surface area (Å²) in [6.07, 6.45) is 4.62. The topological polar surface area (TPSA) is 37.8 Å². The van der Waals surface area contributed by atoms with Crippen LogP contribution in [-0.2, 0) is 6.54 Å². The summed E-state index contributed by atoms with van der Waals surface area (Å²) in [5.74, 6) is 0.104. The summed E-state index contributed by atoms with van der Waals surface area (Å²) in [6, 6.07) is 4.46. The lowest BCUT2D eigenvalue weighted by atomic mass is 10.2. The molecule has 1 N–H and O–H groups in total. The SMILES string of the molecule is CCCNCc1cnc(-c2ccc(F)c(Cl)c2)nc1. The van der Waals surface area contributed by atoms with Crippen LogP contribution in [0.5, 0.6) is 0 Å². The fourth-order valence-electron chi connectivity index (χ4n) is 1.64. The molecule has 0 saturated carbocycles. The molecule has 0 aliphatic heterocycles. The van der Waals surface area contributed by atoms with Gasteiger partial charge >= 0.3 is 0 Å². The molecule has 3 nitrogen and oxygen atoms in total. The second-order valence-electron chi connectivity index (χ2n) is 4.22. The molecule has 0 unspecified atom stereocenters. The molecule has 0 fully saturated rings. The molecule has 0 radical (unpaired) electrons. The summed E-state index contributed by atoms with van der Waals surface area (Å²) in [5, 5.41) is 3.35. The highest BCUT2D eigenvalue weighted by atomic mass is 35.5. The van der Waals surface area contributed by atoms with Gasteiger partial charge < -0.3 is 5.32 Å². The largest absolute Gasteiger partial charge is 0.313 e. The predicted octanol–water partition coefficient (Wildman–Crippen LogP) is 3.44. The lowest BCUT2D eigenvalue weighted by molar-refractivity contribution is 0.628. The van der Waals surface area contributed by atoms with E-state index < -0.39 is 5.82 Å². The van der Waals surface area contributed by atoms with Gasteiger partial charge in [-0.15, -0.1) is 0 Å². The predicted molar refractivity (Wildman–Crippen MR) is 74.4 cm³/mol. The molecular weight excluding hydrogens is 265 g/mol. The van der Waals surface area contributed by atoms with Crippen LogP contribution in [0, 0.1) is 5.82 Å². The Hall–Kier alpha value is -1.52. The second-order valence-corrected chi connectivity index (χ2v) is 4.63. The zero-order valence-corrected chi connectivity index (χ0v) is 11.4. The molecule has 0 bridgehead atoms. The van der Waals surface area contributed by atoms with Crippen LogP contribution < -0.4 is 5.32 Å². The van der Waals surface area contributed by atoms with Gasteiger partial charge in [0.1, 0.15) is 5.82 Å². The number of benzene rings is 1. The van der Waals surface area contributed by atoms with E-state index in [4.69, 9.17) is 11.6 Å². The zero-order valence-electron chi connectivity index (χ0n) is 10.7. The Kier molecular flexibility index (Phi) is 4.82. The summed E-state index contributed by atoms with van der Waals surface area (Å²) >= 11 is 5.74. The van der Waals surface area contributed by atoms with Gasteiger partial charge in [-0.2, -0.15) is 0 Å². The molecule has 0 amide bonds. The van der Waals surface area contributed by atoms with Gasteiger partial charge in [0.25, 0.3) is 0 Å². The van der Waals surface area contributed by atoms with E-state index in [0.29, 0.717) is 11.4 Å². The van der Waals surface area contributed by atoms with Crippen molar-refractivity contribution in [2.45, 2.75) is 19.9 Å². The fourth-order valence-corrected chi connectivity index (χ4v) is 1.82. The number of halogens is 2. The van der Waals surface area contributed by atoms with Crippen molar-refractivity contribution in [2.75, 3.05) is 6.54 Å². The van der Waals surface area contributed by atoms with E-state index in [0.717, 1.165) is 25.1 Å². The Balaban J connectivity index is 2.11. The molecule has 0 saturated heterocycles. The molecule has 100 valence electrons. The molecule has 0 spiro atoms. The number of hydrogen-bond acceptors (Lipinski definition) is 3. The van der Waals surface area contributed by atoms with Crippen LogP contribution in [0.25, 0.3) is 11.4 Å². The molecule has 19 heavy (non-hydrogen) atoms. The number of aromatic nitrogens is 2. The fraction of sp³-hybridized carbons (Fsp3) is 0.286. The van der Waals surface area contributed by atoms with E-state index >= 15 is 0 Å². The normalized spacial score (nSPS) is 10.7. The van der Waals surface area contributed by atoms with Crippen LogP contribution in [0.3, 0.4) is 0 Å². The molecule has 2 aromatic rings. The summed E-state index contributed by atoms with van der Waals surface area (Å²) in [7, 11) is 0. The number of rotatable bonds is 5. The lowest BCUT2D eigenvalue weighted by Crippen LogP contribution is -2.14. The average Bonchev–Trinajstić information content (AvgIpc) is 2.43. The Morgan fingerprint density at radius 2 is 2.00 bits per heavy atom. The molecule has 5 heteroatoms. The Labute approximate surface area is 116 Å². The Morgan fingerprint density at radius 1 is 1.26 bits per heavy atom. The highest BCUT2D eigenvalue weighted by Gasteiger charge is 2.05. The first-order valence-corrected chi connectivity index (χ1v) is 6.55.